The molecule has 34 heavy (non-hydrogen) atoms. The van der Waals surface area contributed by atoms with Gasteiger partial charge in [-0.2, -0.15) is 11.8 Å². The highest BCUT2D eigenvalue weighted by Gasteiger charge is 2.32. The number of carbonyl (C=O) groups excluding carboxylic acids is 4. The predicted octanol–water partition coefficient (Wildman–Crippen LogP) is -2.62. The van der Waals surface area contributed by atoms with Crippen LogP contribution in [0.4, 0.5) is 0 Å². The van der Waals surface area contributed by atoms with Crippen molar-refractivity contribution in [3.05, 3.63) is 0 Å². The minimum Gasteiger partial charge on any atom is -0.480 e. The molecular formula is C20H38N6O7S. The first-order valence-corrected chi connectivity index (χ1v) is 12.4. The molecule has 0 rings (SSSR count). The molecule has 14 heteroatoms. The molecule has 0 spiro atoms. The number of nitrogens with two attached hydrogens (primary N) is 3. The van der Waals surface area contributed by atoms with E-state index in [1.807, 2.05) is 0 Å². The zero-order valence-electron chi connectivity index (χ0n) is 19.6. The van der Waals surface area contributed by atoms with Gasteiger partial charge in [-0.3, -0.25) is 19.2 Å². The summed E-state index contributed by atoms with van der Waals surface area (Å²) in [6.07, 6.45) is 1.75. The maximum atomic E-state index is 12.8. The third kappa shape index (κ3) is 12.7. The largest absolute Gasteiger partial charge is 0.480 e. The number of amides is 4. The lowest BCUT2D eigenvalue weighted by Gasteiger charge is -2.26. The number of rotatable bonds is 18. The Kier molecular flexibility index (Phi) is 15.9. The van der Waals surface area contributed by atoms with Gasteiger partial charge in [0, 0.05) is 6.42 Å². The fraction of sp³-hybridized carbons (Fsp3) is 0.750. The zero-order chi connectivity index (χ0) is 26.3. The summed E-state index contributed by atoms with van der Waals surface area (Å²) in [6.45, 7) is 1.69. The molecule has 0 aromatic rings. The van der Waals surface area contributed by atoms with Gasteiger partial charge in [0.15, 0.2) is 0 Å². The summed E-state index contributed by atoms with van der Waals surface area (Å²) in [6, 6.07) is -4.90. The van der Waals surface area contributed by atoms with Gasteiger partial charge >= 0.3 is 5.97 Å². The molecule has 13 nitrogen and oxygen atoms in total. The fourth-order valence-corrected chi connectivity index (χ4v) is 3.36. The summed E-state index contributed by atoms with van der Waals surface area (Å²) in [4.78, 5) is 60.5. The van der Waals surface area contributed by atoms with Gasteiger partial charge in [0.1, 0.15) is 18.1 Å². The summed E-state index contributed by atoms with van der Waals surface area (Å²) in [5.41, 5.74) is 16.4. The molecule has 0 heterocycles. The predicted molar refractivity (Wildman–Crippen MR) is 127 cm³/mol. The normalized spacial score (nSPS) is 15.3. The van der Waals surface area contributed by atoms with Gasteiger partial charge in [0.25, 0.3) is 0 Å². The van der Waals surface area contributed by atoms with E-state index in [4.69, 9.17) is 17.2 Å². The van der Waals surface area contributed by atoms with Crippen LogP contribution in [0.15, 0.2) is 0 Å². The minimum atomic E-state index is -1.50. The van der Waals surface area contributed by atoms with Crippen molar-refractivity contribution in [3.63, 3.8) is 0 Å². The number of hydrogen-bond donors (Lipinski definition) is 8. The van der Waals surface area contributed by atoms with E-state index in [9.17, 15) is 34.2 Å². The SMILES string of the molecule is CSCCC(NC(=O)C(NC(=O)C(CCC(N)=O)NC(=O)C(N)CCCCN)C(C)O)C(=O)O. The molecule has 0 aliphatic carbocycles. The molecule has 0 fully saturated rings. The highest BCUT2D eigenvalue weighted by molar-refractivity contribution is 7.98. The molecule has 0 aliphatic rings. The number of carboxylic acids is 1. The Balaban J connectivity index is 5.37. The highest BCUT2D eigenvalue weighted by Crippen LogP contribution is 2.06. The van der Waals surface area contributed by atoms with Crippen molar-refractivity contribution < 1.29 is 34.2 Å². The van der Waals surface area contributed by atoms with E-state index in [2.05, 4.69) is 16.0 Å². The third-order valence-corrected chi connectivity index (χ3v) is 5.55. The average Bonchev–Trinajstić information content (AvgIpc) is 2.76. The Hall–Kier alpha value is -2.42. The van der Waals surface area contributed by atoms with Crippen molar-refractivity contribution in [2.24, 2.45) is 17.2 Å². The lowest BCUT2D eigenvalue weighted by molar-refractivity contribution is -0.143. The molecule has 0 aromatic heterocycles. The first kappa shape index (κ1) is 31.6. The van der Waals surface area contributed by atoms with Gasteiger partial charge < -0.3 is 43.4 Å². The second kappa shape index (κ2) is 17.1. The van der Waals surface area contributed by atoms with Crippen LogP contribution in [0.5, 0.6) is 0 Å². The maximum Gasteiger partial charge on any atom is 0.326 e. The number of hydrogen-bond acceptors (Lipinski definition) is 9. The van der Waals surface area contributed by atoms with Crippen molar-refractivity contribution in [3.8, 4) is 0 Å². The van der Waals surface area contributed by atoms with Crippen molar-refractivity contribution in [2.45, 2.75) is 75.7 Å². The van der Waals surface area contributed by atoms with Crippen LogP contribution in [0, 0.1) is 0 Å². The molecule has 0 aromatic carbocycles. The topological polar surface area (TPSA) is 240 Å². The average molecular weight is 507 g/mol. The number of unbranched alkanes of at least 4 members (excludes halogenated alkanes) is 1. The number of carboxylic acid groups (broad SMARTS) is 1. The van der Waals surface area contributed by atoms with Crippen LogP contribution < -0.4 is 33.2 Å². The molecule has 4 amide bonds. The maximum absolute atomic E-state index is 12.8. The summed E-state index contributed by atoms with van der Waals surface area (Å²) in [5, 5.41) is 26.4. The molecule has 0 saturated heterocycles. The second-order valence-corrected chi connectivity index (χ2v) is 8.85. The molecule has 0 aliphatic heterocycles. The van der Waals surface area contributed by atoms with Crippen LogP contribution in [-0.4, -0.2) is 88.6 Å². The molecule has 0 bridgehead atoms. The van der Waals surface area contributed by atoms with Crippen LogP contribution in [0.3, 0.4) is 0 Å². The summed E-state index contributed by atoms with van der Waals surface area (Å²) in [7, 11) is 0. The first-order valence-electron chi connectivity index (χ1n) is 11.0. The second-order valence-electron chi connectivity index (χ2n) is 7.86. The Morgan fingerprint density at radius 1 is 0.912 bits per heavy atom. The summed E-state index contributed by atoms with van der Waals surface area (Å²) >= 11 is 1.40. The Labute approximate surface area is 203 Å². The lowest BCUT2D eigenvalue weighted by Crippen LogP contribution is -2.60. The quantitative estimate of drug-likeness (QED) is 0.0900. The molecule has 5 atom stereocenters. The minimum absolute atomic E-state index is 0.141. The number of primary amides is 1. The monoisotopic (exact) mass is 506 g/mol. The van der Waals surface area contributed by atoms with E-state index < -0.39 is 59.9 Å². The Morgan fingerprint density at radius 3 is 2.03 bits per heavy atom. The number of thioether (sulfide) groups is 1. The highest BCUT2D eigenvalue weighted by atomic mass is 32.2. The first-order chi connectivity index (χ1) is 15.9. The van der Waals surface area contributed by atoms with E-state index in [0.29, 0.717) is 31.6 Å². The van der Waals surface area contributed by atoms with E-state index in [-0.39, 0.29) is 19.3 Å². The van der Waals surface area contributed by atoms with Gasteiger partial charge in [-0.05, 0) is 51.2 Å². The van der Waals surface area contributed by atoms with Crippen molar-refractivity contribution >= 4 is 41.4 Å². The van der Waals surface area contributed by atoms with E-state index in [1.54, 1.807) is 6.26 Å². The fourth-order valence-electron chi connectivity index (χ4n) is 2.89. The lowest BCUT2D eigenvalue weighted by atomic mass is 10.1. The summed E-state index contributed by atoms with van der Waals surface area (Å²) < 4.78 is 0. The van der Waals surface area contributed by atoms with Crippen molar-refractivity contribution in [2.75, 3.05) is 18.6 Å². The van der Waals surface area contributed by atoms with E-state index in [0.717, 1.165) is 0 Å². The van der Waals surface area contributed by atoms with Gasteiger partial charge in [0.05, 0.1) is 12.1 Å². The van der Waals surface area contributed by atoms with Gasteiger partial charge in [-0.1, -0.05) is 6.42 Å². The molecule has 196 valence electrons. The summed E-state index contributed by atoms with van der Waals surface area (Å²) in [5.74, 6) is -3.90. The van der Waals surface area contributed by atoms with Crippen LogP contribution in [0.2, 0.25) is 0 Å². The third-order valence-electron chi connectivity index (χ3n) is 4.91. The number of aliphatic hydroxyl groups is 1. The van der Waals surface area contributed by atoms with Gasteiger partial charge in [0.2, 0.25) is 23.6 Å². The molecule has 0 saturated carbocycles. The molecule has 5 unspecified atom stereocenters. The van der Waals surface area contributed by atoms with E-state index in [1.165, 1.54) is 18.7 Å². The number of aliphatic hydroxyl groups excluding tert-OH is 1. The smallest absolute Gasteiger partial charge is 0.326 e. The van der Waals surface area contributed by atoms with Crippen molar-refractivity contribution in [1.29, 1.82) is 0 Å². The van der Waals surface area contributed by atoms with Crippen LogP contribution in [0.25, 0.3) is 0 Å². The molecule has 11 N–H and O–H groups in total. The van der Waals surface area contributed by atoms with Crippen LogP contribution >= 0.6 is 11.8 Å². The zero-order valence-corrected chi connectivity index (χ0v) is 20.4. The van der Waals surface area contributed by atoms with Gasteiger partial charge in [-0.25, -0.2) is 4.79 Å². The number of carbonyl (C=O) groups is 5. The van der Waals surface area contributed by atoms with Crippen molar-refractivity contribution in [1.82, 2.24) is 16.0 Å². The van der Waals surface area contributed by atoms with E-state index >= 15 is 0 Å². The van der Waals surface area contributed by atoms with Gasteiger partial charge in [-0.15, -0.1) is 0 Å². The molecule has 0 radical (unpaired) electrons. The van der Waals surface area contributed by atoms with Crippen LogP contribution in [-0.2, 0) is 24.0 Å². The molecular weight excluding hydrogens is 468 g/mol. The Morgan fingerprint density at radius 2 is 1.53 bits per heavy atom. The number of aliphatic carboxylic acids is 1. The standard InChI is InChI=1S/C20H38N6O7S/c1-11(27)16(19(31)25-14(20(32)33)8-10-34-2)26-18(30)13(6-7-15(23)28)24-17(29)12(22)5-3-4-9-21/h11-14,16,27H,3-10,21-22H2,1-2H3,(H2,23,28)(H,24,29)(H,25,31)(H,26,30)(H,32,33). The number of nitrogens with one attached hydrogen (secondary N) is 3. The van der Waals surface area contributed by atoms with Crippen LogP contribution in [0.1, 0.15) is 45.4 Å². The Bertz CT molecular complexity index is 694.